The molecule has 0 radical (unpaired) electrons. The summed E-state index contributed by atoms with van der Waals surface area (Å²) in [4.78, 5) is 23.0. The van der Waals surface area contributed by atoms with Crippen molar-refractivity contribution in [3.63, 3.8) is 0 Å². The highest BCUT2D eigenvalue weighted by Crippen LogP contribution is 2.23. The number of carboxylic acid groups (broad SMARTS) is 1. The highest BCUT2D eigenvalue weighted by Gasteiger charge is 2.22. The number of benzene rings is 1. The van der Waals surface area contributed by atoms with Crippen LogP contribution in [0.15, 0.2) is 18.2 Å². The first-order chi connectivity index (χ1) is 8.49. The Bertz CT molecular complexity index is 451. The lowest BCUT2D eigenvalue weighted by molar-refractivity contribution is -0.141. The van der Waals surface area contributed by atoms with Gasteiger partial charge in [0, 0.05) is 6.42 Å². The minimum Gasteiger partial charge on any atom is -0.496 e. The lowest BCUT2D eigenvalue weighted by Crippen LogP contribution is -2.17. The highest BCUT2D eigenvalue weighted by molar-refractivity contribution is 6.00. The van der Waals surface area contributed by atoms with Gasteiger partial charge in [-0.3, -0.25) is 9.59 Å². The van der Waals surface area contributed by atoms with E-state index in [1.165, 1.54) is 7.11 Å². The number of carboxylic acids is 1. The molecule has 1 aromatic rings. The molecule has 0 fully saturated rings. The predicted molar refractivity (Wildman–Crippen MR) is 68.1 cm³/mol. The van der Waals surface area contributed by atoms with Crippen molar-refractivity contribution in [3.05, 3.63) is 29.3 Å². The summed E-state index contributed by atoms with van der Waals surface area (Å²) in [5.74, 6) is -1.27. The van der Waals surface area contributed by atoms with Crippen molar-refractivity contribution >= 4 is 11.8 Å². The number of carbonyl (C=O) groups excluding carboxylic acids is 1. The van der Waals surface area contributed by atoms with E-state index in [1.807, 2.05) is 13.0 Å². The molecule has 0 aromatic heterocycles. The molecule has 4 nitrogen and oxygen atoms in total. The van der Waals surface area contributed by atoms with E-state index in [1.54, 1.807) is 19.1 Å². The normalized spacial score (nSPS) is 11.9. The number of Topliss-reactive ketones (excluding diaryl/α,β-unsaturated/α-hetero) is 1. The molecule has 1 aromatic carbocycles. The number of rotatable bonds is 6. The number of aryl methyl sites for hydroxylation is 1. The quantitative estimate of drug-likeness (QED) is 0.788. The van der Waals surface area contributed by atoms with Gasteiger partial charge in [-0.25, -0.2) is 0 Å². The molecule has 0 aliphatic carbocycles. The zero-order valence-electron chi connectivity index (χ0n) is 10.9. The van der Waals surface area contributed by atoms with Gasteiger partial charge in [0.25, 0.3) is 0 Å². The van der Waals surface area contributed by atoms with Gasteiger partial charge in [0.05, 0.1) is 18.6 Å². The molecule has 1 rings (SSSR count). The van der Waals surface area contributed by atoms with Crippen LogP contribution in [0.1, 0.15) is 35.7 Å². The lowest BCUT2D eigenvalue weighted by Gasteiger charge is -2.11. The van der Waals surface area contributed by atoms with E-state index in [0.717, 1.165) is 5.56 Å². The standard InChI is InChI=1S/C14H18O4/c1-4-10(14(16)17)8-12(15)11-7-9(2)5-6-13(11)18-3/h5-7,10H,4,8H2,1-3H3,(H,16,17). The van der Waals surface area contributed by atoms with Gasteiger partial charge in [0.1, 0.15) is 5.75 Å². The molecule has 18 heavy (non-hydrogen) atoms. The van der Waals surface area contributed by atoms with Crippen LogP contribution in [-0.4, -0.2) is 24.0 Å². The third kappa shape index (κ3) is 3.32. The van der Waals surface area contributed by atoms with Crippen molar-refractivity contribution in [2.75, 3.05) is 7.11 Å². The second-order valence-electron chi connectivity index (χ2n) is 4.27. The zero-order chi connectivity index (χ0) is 13.7. The minimum atomic E-state index is -0.933. The van der Waals surface area contributed by atoms with E-state index in [2.05, 4.69) is 0 Å². The van der Waals surface area contributed by atoms with Gasteiger partial charge in [-0.15, -0.1) is 0 Å². The predicted octanol–water partition coefficient (Wildman–Crippen LogP) is 2.69. The second-order valence-corrected chi connectivity index (χ2v) is 4.27. The molecule has 0 bridgehead atoms. The SMILES string of the molecule is CCC(CC(=O)c1cc(C)ccc1OC)C(=O)O. The molecule has 1 unspecified atom stereocenters. The van der Waals surface area contributed by atoms with Crippen LogP contribution < -0.4 is 4.74 Å². The van der Waals surface area contributed by atoms with Crippen molar-refractivity contribution in [1.29, 1.82) is 0 Å². The number of ketones is 1. The maximum absolute atomic E-state index is 12.1. The fourth-order valence-electron chi connectivity index (χ4n) is 1.78. The third-order valence-electron chi connectivity index (χ3n) is 2.93. The molecule has 0 saturated heterocycles. The van der Waals surface area contributed by atoms with Gasteiger partial charge >= 0.3 is 5.97 Å². The Hall–Kier alpha value is -1.84. The fraction of sp³-hybridized carbons (Fsp3) is 0.429. The maximum Gasteiger partial charge on any atom is 0.306 e. The maximum atomic E-state index is 12.1. The molecular weight excluding hydrogens is 232 g/mol. The lowest BCUT2D eigenvalue weighted by atomic mass is 9.95. The summed E-state index contributed by atoms with van der Waals surface area (Å²) in [5, 5.41) is 8.97. The summed E-state index contributed by atoms with van der Waals surface area (Å²) in [7, 11) is 1.50. The first-order valence-electron chi connectivity index (χ1n) is 5.90. The summed E-state index contributed by atoms with van der Waals surface area (Å²) >= 11 is 0. The van der Waals surface area contributed by atoms with Crippen molar-refractivity contribution in [3.8, 4) is 5.75 Å². The second kappa shape index (κ2) is 6.19. The molecule has 0 saturated carbocycles. The highest BCUT2D eigenvalue weighted by atomic mass is 16.5. The van der Waals surface area contributed by atoms with Crippen LogP contribution >= 0.6 is 0 Å². The van der Waals surface area contributed by atoms with E-state index in [0.29, 0.717) is 17.7 Å². The van der Waals surface area contributed by atoms with Crippen LogP contribution in [0.25, 0.3) is 0 Å². The average Bonchev–Trinajstić information content (AvgIpc) is 2.35. The molecular formula is C14H18O4. The van der Waals surface area contributed by atoms with Crippen LogP contribution in [-0.2, 0) is 4.79 Å². The van der Waals surface area contributed by atoms with Crippen LogP contribution in [0.4, 0.5) is 0 Å². The van der Waals surface area contributed by atoms with Gasteiger partial charge in [-0.05, 0) is 25.5 Å². The molecule has 98 valence electrons. The number of hydrogen-bond acceptors (Lipinski definition) is 3. The summed E-state index contributed by atoms with van der Waals surface area (Å²) in [6.07, 6.45) is 0.445. The molecule has 0 amide bonds. The van der Waals surface area contributed by atoms with Crippen molar-refractivity contribution < 1.29 is 19.4 Å². The van der Waals surface area contributed by atoms with Gasteiger partial charge in [0.15, 0.2) is 5.78 Å². The first-order valence-corrected chi connectivity index (χ1v) is 5.90. The monoisotopic (exact) mass is 250 g/mol. The molecule has 0 aliphatic rings. The van der Waals surface area contributed by atoms with Crippen LogP contribution in [0.5, 0.6) is 5.75 Å². The van der Waals surface area contributed by atoms with Gasteiger partial charge < -0.3 is 9.84 Å². The number of carbonyl (C=O) groups is 2. The van der Waals surface area contributed by atoms with Crippen molar-refractivity contribution in [2.24, 2.45) is 5.92 Å². The molecule has 0 heterocycles. The number of methoxy groups -OCH3 is 1. The zero-order valence-corrected chi connectivity index (χ0v) is 10.9. The summed E-state index contributed by atoms with van der Waals surface area (Å²) < 4.78 is 5.13. The van der Waals surface area contributed by atoms with E-state index >= 15 is 0 Å². The summed E-state index contributed by atoms with van der Waals surface area (Å²) in [5.41, 5.74) is 1.40. The molecule has 4 heteroatoms. The Kier molecular flexibility index (Phi) is 4.89. The minimum absolute atomic E-state index is 0.00560. The van der Waals surface area contributed by atoms with E-state index in [9.17, 15) is 9.59 Å². The Morgan fingerprint density at radius 3 is 2.56 bits per heavy atom. The Balaban J connectivity index is 2.96. The van der Waals surface area contributed by atoms with Crippen LogP contribution in [0, 0.1) is 12.8 Å². The Morgan fingerprint density at radius 1 is 1.39 bits per heavy atom. The molecule has 0 aliphatic heterocycles. The van der Waals surface area contributed by atoms with E-state index < -0.39 is 11.9 Å². The first kappa shape index (κ1) is 14.2. The number of ether oxygens (including phenoxy) is 1. The Morgan fingerprint density at radius 2 is 2.06 bits per heavy atom. The topological polar surface area (TPSA) is 63.6 Å². The summed E-state index contributed by atoms with van der Waals surface area (Å²) in [6.45, 7) is 3.64. The Labute approximate surface area is 107 Å². The number of hydrogen-bond donors (Lipinski definition) is 1. The van der Waals surface area contributed by atoms with Crippen molar-refractivity contribution in [1.82, 2.24) is 0 Å². The van der Waals surface area contributed by atoms with Crippen LogP contribution in [0.3, 0.4) is 0 Å². The third-order valence-corrected chi connectivity index (χ3v) is 2.93. The molecule has 0 spiro atoms. The van der Waals surface area contributed by atoms with Gasteiger partial charge in [-0.2, -0.15) is 0 Å². The fourth-order valence-corrected chi connectivity index (χ4v) is 1.78. The molecule has 1 atom stereocenters. The largest absolute Gasteiger partial charge is 0.496 e. The molecule has 1 N–H and O–H groups in total. The van der Waals surface area contributed by atoms with E-state index in [-0.39, 0.29) is 12.2 Å². The van der Waals surface area contributed by atoms with Crippen molar-refractivity contribution in [2.45, 2.75) is 26.7 Å². The summed E-state index contributed by atoms with van der Waals surface area (Å²) in [6, 6.07) is 5.31. The van der Waals surface area contributed by atoms with E-state index in [4.69, 9.17) is 9.84 Å². The number of aliphatic carboxylic acids is 1. The van der Waals surface area contributed by atoms with Gasteiger partial charge in [-0.1, -0.05) is 18.6 Å². The average molecular weight is 250 g/mol. The van der Waals surface area contributed by atoms with Gasteiger partial charge in [0.2, 0.25) is 0 Å². The smallest absolute Gasteiger partial charge is 0.306 e. The van der Waals surface area contributed by atoms with Crippen LogP contribution in [0.2, 0.25) is 0 Å².